The number of hydrogen-bond acceptors (Lipinski definition) is 7. The van der Waals surface area contributed by atoms with E-state index in [0.29, 0.717) is 23.5 Å². The predicted molar refractivity (Wildman–Crippen MR) is 150 cm³/mol. The first-order valence-corrected chi connectivity index (χ1v) is 13.6. The van der Waals surface area contributed by atoms with E-state index in [2.05, 4.69) is 27.6 Å². The number of thiophene rings is 1. The van der Waals surface area contributed by atoms with Crippen molar-refractivity contribution in [3.8, 4) is 11.5 Å². The fourth-order valence-electron chi connectivity index (χ4n) is 4.63. The van der Waals surface area contributed by atoms with Crippen LogP contribution in [0.25, 0.3) is 10.2 Å². The number of hydrazone groups is 1. The van der Waals surface area contributed by atoms with Crippen molar-refractivity contribution in [3.63, 3.8) is 0 Å². The van der Waals surface area contributed by atoms with Gasteiger partial charge in [-0.2, -0.15) is 5.10 Å². The van der Waals surface area contributed by atoms with Crippen molar-refractivity contribution in [1.82, 2.24) is 15.0 Å². The lowest BCUT2D eigenvalue weighted by atomic mass is 9.97. The third kappa shape index (κ3) is 5.47. The van der Waals surface area contributed by atoms with Gasteiger partial charge in [0.2, 0.25) is 0 Å². The number of aryl methyl sites for hydroxylation is 2. The normalized spacial score (nSPS) is 13.8. The van der Waals surface area contributed by atoms with E-state index in [0.717, 1.165) is 48.1 Å². The maximum Gasteiger partial charge on any atom is 0.263 e. The van der Waals surface area contributed by atoms with Gasteiger partial charge >= 0.3 is 0 Å². The topological polar surface area (TPSA) is 94.8 Å². The number of ether oxygens (including phenoxy) is 2. The quantitative estimate of drug-likeness (QED) is 0.251. The summed E-state index contributed by atoms with van der Waals surface area (Å²) in [6.07, 6.45) is 7.87. The van der Waals surface area contributed by atoms with Gasteiger partial charge in [0.1, 0.15) is 10.9 Å². The van der Waals surface area contributed by atoms with Crippen LogP contribution in [0.15, 0.2) is 64.8 Å². The number of fused-ring (bicyclic) bond motifs is 3. The summed E-state index contributed by atoms with van der Waals surface area (Å²) in [5.74, 6) is 0.810. The SMILES string of the molecule is COc1cc(/C=N\NC(=O)[C@H](C)n2cnc3sc4c(c3c2=O)CCCC4)ccc1OCCc1ccccc1. The van der Waals surface area contributed by atoms with Gasteiger partial charge in [-0.3, -0.25) is 14.2 Å². The Hall–Kier alpha value is -3.98. The molecule has 1 N–H and O–H groups in total. The molecule has 9 heteroatoms. The molecule has 1 atom stereocenters. The molecule has 196 valence electrons. The molecule has 0 aliphatic heterocycles. The summed E-state index contributed by atoms with van der Waals surface area (Å²) in [6.45, 7) is 2.19. The van der Waals surface area contributed by atoms with Crippen molar-refractivity contribution < 1.29 is 14.3 Å². The zero-order chi connectivity index (χ0) is 26.5. The number of rotatable bonds is 9. The monoisotopic (exact) mass is 530 g/mol. The average molecular weight is 531 g/mol. The van der Waals surface area contributed by atoms with Crippen LogP contribution in [0, 0.1) is 0 Å². The summed E-state index contributed by atoms with van der Waals surface area (Å²) < 4.78 is 12.8. The standard InChI is InChI=1S/C29H30N4O4S/c1-19(33-18-30-28-26(29(33)35)22-10-6-7-11-25(22)38-28)27(34)32-31-17-21-12-13-23(24(16-21)36-2)37-15-14-20-8-4-3-5-9-20/h3-5,8-9,12-13,16-19H,6-7,10-11,14-15H2,1-2H3,(H,32,34)/b31-17-/t19-/m0/s1. The molecule has 2 aromatic carbocycles. The second-order valence-corrected chi connectivity index (χ2v) is 10.3. The Morgan fingerprint density at radius 3 is 2.82 bits per heavy atom. The number of methoxy groups -OCH3 is 1. The Balaban J connectivity index is 1.22. The fourth-order valence-corrected chi connectivity index (χ4v) is 5.85. The van der Waals surface area contributed by atoms with Crippen molar-refractivity contribution in [1.29, 1.82) is 0 Å². The summed E-state index contributed by atoms with van der Waals surface area (Å²) in [4.78, 5) is 32.5. The van der Waals surface area contributed by atoms with Crippen LogP contribution < -0.4 is 20.5 Å². The summed E-state index contributed by atoms with van der Waals surface area (Å²) in [5, 5.41) is 4.75. The predicted octanol–water partition coefficient (Wildman–Crippen LogP) is 4.68. The molecule has 0 saturated carbocycles. The molecule has 2 heterocycles. The number of carbonyl (C=O) groups is 1. The molecular weight excluding hydrogens is 500 g/mol. The van der Waals surface area contributed by atoms with Crippen molar-refractivity contribution >= 4 is 33.7 Å². The minimum atomic E-state index is -0.759. The van der Waals surface area contributed by atoms with Crippen molar-refractivity contribution in [2.45, 2.75) is 45.1 Å². The molecule has 0 bridgehead atoms. The van der Waals surface area contributed by atoms with E-state index in [1.54, 1.807) is 31.4 Å². The molecule has 0 spiro atoms. The number of nitrogens with one attached hydrogen (secondary N) is 1. The maximum atomic E-state index is 13.2. The maximum absolute atomic E-state index is 13.2. The second kappa shape index (κ2) is 11.6. The zero-order valence-corrected chi connectivity index (χ0v) is 22.3. The molecule has 4 aromatic rings. The van der Waals surface area contributed by atoms with Gasteiger partial charge in [-0.15, -0.1) is 11.3 Å². The number of amides is 1. The van der Waals surface area contributed by atoms with Crippen molar-refractivity contribution in [3.05, 3.63) is 86.8 Å². The van der Waals surface area contributed by atoms with Gasteiger partial charge in [0.15, 0.2) is 11.5 Å². The van der Waals surface area contributed by atoms with Crippen LogP contribution in [0.5, 0.6) is 11.5 Å². The summed E-state index contributed by atoms with van der Waals surface area (Å²) in [5.41, 5.74) is 5.41. The molecule has 5 rings (SSSR count). The van der Waals surface area contributed by atoms with E-state index in [1.807, 2.05) is 30.3 Å². The highest BCUT2D eigenvalue weighted by atomic mass is 32.1. The highest BCUT2D eigenvalue weighted by Gasteiger charge is 2.23. The number of aromatic nitrogens is 2. The Morgan fingerprint density at radius 1 is 1.18 bits per heavy atom. The van der Waals surface area contributed by atoms with E-state index >= 15 is 0 Å². The first kappa shape index (κ1) is 25.7. The summed E-state index contributed by atoms with van der Waals surface area (Å²) in [6, 6.07) is 14.8. The van der Waals surface area contributed by atoms with E-state index in [9.17, 15) is 9.59 Å². The van der Waals surface area contributed by atoms with E-state index < -0.39 is 11.9 Å². The van der Waals surface area contributed by atoms with Crippen LogP contribution in [0.2, 0.25) is 0 Å². The van der Waals surface area contributed by atoms with Gasteiger partial charge in [0.25, 0.3) is 11.5 Å². The molecule has 1 aliphatic carbocycles. The van der Waals surface area contributed by atoms with Gasteiger partial charge in [0, 0.05) is 11.3 Å². The van der Waals surface area contributed by atoms with Gasteiger partial charge in [-0.1, -0.05) is 30.3 Å². The number of benzene rings is 2. The molecular formula is C29H30N4O4S. The average Bonchev–Trinajstić information content (AvgIpc) is 3.33. The van der Waals surface area contributed by atoms with Crippen LogP contribution in [0.4, 0.5) is 0 Å². The van der Waals surface area contributed by atoms with Crippen molar-refractivity contribution in [2.75, 3.05) is 13.7 Å². The highest BCUT2D eigenvalue weighted by molar-refractivity contribution is 7.18. The Kier molecular flexibility index (Phi) is 7.83. The largest absolute Gasteiger partial charge is 0.493 e. The lowest BCUT2D eigenvalue weighted by molar-refractivity contribution is -0.123. The van der Waals surface area contributed by atoms with Crippen LogP contribution in [0.1, 0.15) is 47.4 Å². The molecule has 8 nitrogen and oxygen atoms in total. The Labute approximate surface area is 224 Å². The Bertz CT molecular complexity index is 1530. The minimum absolute atomic E-state index is 0.173. The number of hydrogen-bond donors (Lipinski definition) is 1. The lowest BCUT2D eigenvalue weighted by Crippen LogP contribution is -2.34. The number of nitrogens with zero attached hydrogens (tertiary/aromatic N) is 3. The van der Waals surface area contributed by atoms with Crippen LogP contribution in [0.3, 0.4) is 0 Å². The van der Waals surface area contributed by atoms with Crippen LogP contribution in [-0.4, -0.2) is 35.4 Å². The fraction of sp³-hybridized carbons (Fsp3) is 0.310. The molecule has 0 fully saturated rings. The molecule has 1 amide bonds. The van der Waals surface area contributed by atoms with Gasteiger partial charge in [-0.25, -0.2) is 10.4 Å². The molecule has 0 saturated heterocycles. The third-order valence-electron chi connectivity index (χ3n) is 6.76. The molecule has 38 heavy (non-hydrogen) atoms. The van der Waals surface area contributed by atoms with E-state index in [-0.39, 0.29) is 5.56 Å². The van der Waals surface area contributed by atoms with Gasteiger partial charge in [0.05, 0.1) is 31.6 Å². The molecule has 0 radical (unpaired) electrons. The molecule has 1 aliphatic rings. The number of carbonyl (C=O) groups excluding carboxylic acids is 1. The first-order valence-electron chi connectivity index (χ1n) is 12.7. The highest BCUT2D eigenvalue weighted by Crippen LogP contribution is 2.33. The smallest absolute Gasteiger partial charge is 0.263 e. The zero-order valence-electron chi connectivity index (χ0n) is 21.5. The Morgan fingerprint density at radius 2 is 2.00 bits per heavy atom. The van der Waals surface area contributed by atoms with Crippen molar-refractivity contribution in [2.24, 2.45) is 5.10 Å². The van der Waals surface area contributed by atoms with E-state index in [4.69, 9.17) is 9.47 Å². The molecule has 0 unspecified atom stereocenters. The summed E-state index contributed by atoms with van der Waals surface area (Å²) in [7, 11) is 1.58. The van der Waals surface area contributed by atoms with Gasteiger partial charge in [-0.05, 0) is 67.5 Å². The van der Waals surface area contributed by atoms with Gasteiger partial charge < -0.3 is 9.47 Å². The summed E-state index contributed by atoms with van der Waals surface area (Å²) >= 11 is 1.59. The third-order valence-corrected chi connectivity index (χ3v) is 7.96. The molecule has 2 aromatic heterocycles. The first-order chi connectivity index (χ1) is 18.5. The van der Waals surface area contributed by atoms with Crippen LogP contribution in [-0.2, 0) is 24.1 Å². The van der Waals surface area contributed by atoms with E-state index in [1.165, 1.54) is 27.5 Å². The van der Waals surface area contributed by atoms with Crippen LogP contribution >= 0.6 is 11.3 Å². The second-order valence-electron chi connectivity index (χ2n) is 9.25. The lowest BCUT2D eigenvalue weighted by Gasteiger charge is -2.14. The minimum Gasteiger partial charge on any atom is -0.493 e.